The molecule has 0 atom stereocenters. The van der Waals surface area contributed by atoms with Crippen molar-refractivity contribution >= 4 is 11.9 Å². The molecule has 106 valence electrons. The van der Waals surface area contributed by atoms with Crippen LogP contribution >= 0.6 is 0 Å². The van der Waals surface area contributed by atoms with Gasteiger partial charge in [0.1, 0.15) is 0 Å². The van der Waals surface area contributed by atoms with Crippen LogP contribution in [0.4, 0.5) is 0 Å². The van der Waals surface area contributed by atoms with Gasteiger partial charge in [-0.15, -0.1) is 12.3 Å². The molecule has 0 N–H and O–H groups in total. The maximum Gasteiger partial charge on any atom is 0.324 e. The maximum absolute atomic E-state index is 12.1. The Labute approximate surface area is 115 Å². The number of ether oxygens (including phenoxy) is 2. The highest BCUT2D eigenvalue weighted by Gasteiger charge is 2.47. The predicted molar refractivity (Wildman–Crippen MR) is 73.2 cm³/mol. The van der Waals surface area contributed by atoms with Crippen LogP contribution in [0.15, 0.2) is 11.6 Å². The third kappa shape index (κ3) is 4.78. The smallest absolute Gasteiger partial charge is 0.324 e. The molecule has 0 aromatic carbocycles. The van der Waals surface area contributed by atoms with E-state index in [0.29, 0.717) is 0 Å². The van der Waals surface area contributed by atoms with E-state index < -0.39 is 17.4 Å². The monoisotopic (exact) mass is 266 g/mol. The highest BCUT2D eigenvalue weighted by Crippen LogP contribution is 2.31. The molecular weight excluding hydrogens is 244 g/mol. The minimum atomic E-state index is -1.43. The van der Waals surface area contributed by atoms with Gasteiger partial charge < -0.3 is 9.47 Å². The summed E-state index contributed by atoms with van der Waals surface area (Å²) >= 11 is 0. The molecule has 0 bridgehead atoms. The van der Waals surface area contributed by atoms with Crippen LogP contribution in [-0.4, -0.2) is 25.2 Å². The first-order valence-electron chi connectivity index (χ1n) is 6.35. The average molecular weight is 266 g/mol. The molecule has 0 fully saturated rings. The van der Waals surface area contributed by atoms with Gasteiger partial charge in [-0.05, 0) is 34.1 Å². The van der Waals surface area contributed by atoms with Gasteiger partial charge in [-0.25, -0.2) is 0 Å². The van der Waals surface area contributed by atoms with Gasteiger partial charge in [0.2, 0.25) is 0 Å². The first-order chi connectivity index (χ1) is 8.94. The molecule has 0 saturated carbocycles. The molecule has 0 unspecified atom stereocenters. The van der Waals surface area contributed by atoms with Gasteiger partial charge in [-0.2, -0.15) is 0 Å². The van der Waals surface area contributed by atoms with Crippen molar-refractivity contribution < 1.29 is 19.1 Å². The van der Waals surface area contributed by atoms with Crippen LogP contribution in [0.1, 0.15) is 40.5 Å². The number of carbonyl (C=O) groups is 2. The fourth-order valence-electron chi connectivity index (χ4n) is 1.56. The first-order valence-corrected chi connectivity index (χ1v) is 6.35. The number of esters is 2. The van der Waals surface area contributed by atoms with Gasteiger partial charge in [-0.1, -0.05) is 11.6 Å². The zero-order valence-electron chi connectivity index (χ0n) is 12.1. The Morgan fingerprint density at radius 1 is 1.16 bits per heavy atom. The van der Waals surface area contributed by atoms with Crippen molar-refractivity contribution in [1.82, 2.24) is 0 Å². The van der Waals surface area contributed by atoms with E-state index in [9.17, 15) is 9.59 Å². The van der Waals surface area contributed by atoms with Gasteiger partial charge in [-0.3, -0.25) is 9.59 Å². The average Bonchev–Trinajstić information content (AvgIpc) is 2.34. The highest BCUT2D eigenvalue weighted by atomic mass is 16.6. The second-order valence-electron chi connectivity index (χ2n) is 4.39. The van der Waals surface area contributed by atoms with E-state index >= 15 is 0 Å². The molecule has 0 aliphatic carbocycles. The number of hydrogen-bond donors (Lipinski definition) is 0. The fourth-order valence-corrected chi connectivity index (χ4v) is 1.56. The maximum atomic E-state index is 12.1. The fraction of sp³-hybridized carbons (Fsp3) is 0.600. The van der Waals surface area contributed by atoms with Crippen LogP contribution in [-0.2, 0) is 19.1 Å². The van der Waals surface area contributed by atoms with Crippen LogP contribution in [0.25, 0.3) is 0 Å². The first kappa shape index (κ1) is 17.2. The summed E-state index contributed by atoms with van der Waals surface area (Å²) in [6.07, 6.45) is 7.26. The van der Waals surface area contributed by atoms with Gasteiger partial charge in [0, 0.05) is 6.42 Å². The Morgan fingerprint density at radius 2 is 1.63 bits per heavy atom. The molecule has 0 rings (SSSR count). The van der Waals surface area contributed by atoms with E-state index in [1.165, 1.54) is 0 Å². The third-order valence-electron chi connectivity index (χ3n) is 2.59. The largest absolute Gasteiger partial charge is 0.465 e. The normalized spacial score (nSPS) is 10.3. The van der Waals surface area contributed by atoms with Crippen LogP contribution in [0.5, 0.6) is 0 Å². The molecule has 0 heterocycles. The van der Waals surface area contributed by atoms with Crippen molar-refractivity contribution in [1.29, 1.82) is 0 Å². The lowest BCUT2D eigenvalue weighted by atomic mass is 9.80. The third-order valence-corrected chi connectivity index (χ3v) is 2.59. The zero-order chi connectivity index (χ0) is 14.9. The van der Waals surface area contributed by atoms with Crippen molar-refractivity contribution in [3.8, 4) is 12.3 Å². The lowest BCUT2D eigenvalue weighted by molar-refractivity contribution is -0.171. The van der Waals surface area contributed by atoms with Crippen LogP contribution < -0.4 is 0 Å². The summed E-state index contributed by atoms with van der Waals surface area (Å²) in [7, 11) is 0. The zero-order valence-corrected chi connectivity index (χ0v) is 12.1. The quantitative estimate of drug-likeness (QED) is 0.307. The number of terminal acetylenes is 1. The SMILES string of the molecule is C#CCC(CC=C(C)C)(C(=O)OCC)C(=O)OCC. The lowest BCUT2D eigenvalue weighted by Crippen LogP contribution is -2.41. The predicted octanol–water partition coefficient (Wildman–Crippen LogP) is 2.48. The van der Waals surface area contributed by atoms with Crippen molar-refractivity contribution in [2.75, 3.05) is 13.2 Å². The molecular formula is C15H22O4. The molecule has 0 amide bonds. The molecule has 19 heavy (non-hydrogen) atoms. The highest BCUT2D eigenvalue weighted by molar-refractivity contribution is 6.00. The number of carbonyl (C=O) groups excluding carboxylic acids is 2. The van der Waals surface area contributed by atoms with Crippen molar-refractivity contribution in [3.63, 3.8) is 0 Å². The van der Waals surface area contributed by atoms with Crippen LogP contribution in [0.2, 0.25) is 0 Å². The summed E-state index contributed by atoms with van der Waals surface area (Å²) in [6, 6.07) is 0. The van der Waals surface area contributed by atoms with Crippen molar-refractivity contribution in [3.05, 3.63) is 11.6 Å². The van der Waals surface area contributed by atoms with Gasteiger partial charge in [0.25, 0.3) is 0 Å². The molecule has 0 aliphatic rings. The minimum Gasteiger partial charge on any atom is -0.465 e. The van der Waals surface area contributed by atoms with E-state index in [1.807, 2.05) is 13.8 Å². The Bertz CT molecular complexity index is 365. The molecule has 0 radical (unpaired) electrons. The Balaban J connectivity index is 5.46. The summed E-state index contributed by atoms with van der Waals surface area (Å²) in [5.74, 6) is 1.14. The number of allylic oxidation sites excluding steroid dienone is 2. The topological polar surface area (TPSA) is 52.6 Å². The standard InChI is InChI=1S/C15H22O4/c1-6-10-15(11-9-12(4)5,13(16)18-7-2)14(17)19-8-3/h1,9H,7-8,10-11H2,2-5H3. The molecule has 0 aromatic heterocycles. The summed E-state index contributed by atoms with van der Waals surface area (Å²) < 4.78 is 9.99. The molecule has 4 nitrogen and oxygen atoms in total. The Hall–Kier alpha value is -1.76. The molecule has 4 heteroatoms. The molecule has 0 aliphatic heterocycles. The summed E-state index contributed by atoms with van der Waals surface area (Å²) in [6.45, 7) is 7.53. The van der Waals surface area contributed by atoms with E-state index in [4.69, 9.17) is 15.9 Å². The van der Waals surface area contributed by atoms with E-state index in [0.717, 1.165) is 5.57 Å². The van der Waals surface area contributed by atoms with E-state index in [1.54, 1.807) is 19.9 Å². The van der Waals surface area contributed by atoms with E-state index in [-0.39, 0.29) is 26.1 Å². The molecule has 0 saturated heterocycles. The molecule has 0 aromatic rings. The second kappa shape index (κ2) is 8.36. The van der Waals surface area contributed by atoms with Gasteiger partial charge in [0.15, 0.2) is 5.41 Å². The summed E-state index contributed by atoms with van der Waals surface area (Å²) in [5, 5.41) is 0. The molecule has 0 spiro atoms. The van der Waals surface area contributed by atoms with Crippen molar-refractivity contribution in [2.24, 2.45) is 5.41 Å². The lowest BCUT2D eigenvalue weighted by Gasteiger charge is -2.26. The number of rotatable bonds is 7. The van der Waals surface area contributed by atoms with Gasteiger partial charge in [0.05, 0.1) is 13.2 Å². The second-order valence-corrected chi connectivity index (χ2v) is 4.39. The summed E-state index contributed by atoms with van der Waals surface area (Å²) in [4.78, 5) is 24.3. The Morgan fingerprint density at radius 3 is 1.95 bits per heavy atom. The Kier molecular flexibility index (Phi) is 7.59. The van der Waals surface area contributed by atoms with Crippen molar-refractivity contribution in [2.45, 2.75) is 40.5 Å². The van der Waals surface area contributed by atoms with Crippen LogP contribution in [0.3, 0.4) is 0 Å². The van der Waals surface area contributed by atoms with Crippen LogP contribution in [0, 0.1) is 17.8 Å². The van der Waals surface area contributed by atoms with E-state index in [2.05, 4.69) is 5.92 Å². The summed E-state index contributed by atoms with van der Waals surface area (Å²) in [5.41, 5.74) is -0.437. The number of hydrogen-bond acceptors (Lipinski definition) is 4. The van der Waals surface area contributed by atoms with Gasteiger partial charge >= 0.3 is 11.9 Å². The minimum absolute atomic E-state index is 0.0333.